The Morgan fingerprint density at radius 1 is 1.12 bits per heavy atom. The van der Waals surface area contributed by atoms with Crippen LogP contribution in [0, 0.1) is 18.6 Å². The lowest BCUT2D eigenvalue weighted by Gasteiger charge is -2.38. The van der Waals surface area contributed by atoms with E-state index < -0.39 is 35.0 Å². The molecular formula is C33H39ClF2N2O3. The Morgan fingerprint density at radius 2 is 1.80 bits per heavy atom. The van der Waals surface area contributed by atoms with Gasteiger partial charge in [-0.2, -0.15) is 0 Å². The maximum absolute atomic E-state index is 16.2. The van der Waals surface area contributed by atoms with E-state index in [9.17, 15) is 10.2 Å². The topological polar surface area (TPSA) is 87.7 Å². The third-order valence-electron chi connectivity index (χ3n) is 8.82. The first-order chi connectivity index (χ1) is 19.4. The second-order valence-electron chi connectivity index (χ2n) is 12.1. The number of aliphatic hydroxyl groups is 2. The van der Waals surface area contributed by atoms with Gasteiger partial charge in [0, 0.05) is 35.3 Å². The number of benzene rings is 3. The van der Waals surface area contributed by atoms with Crippen molar-refractivity contribution in [3.05, 3.63) is 87.4 Å². The second kappa shape index (κ2) is 11.6. The standard InChI is InChI=1S/C33H39ClF2N2O3/c1-19-9-11-21(12-10-20(2)39)30(36)26(19)28-27-25(17-24(35)29(28)34)41-33(31(27)37,22-7-5-4-6-8-22)18-38-23-13-15-32(3,40)16-14-23/h4-9,11,17,20,23,31,38-40H,10,12-16,18,37H2,1-3H3/t20-,23?,31-,32?,33+/m0/s1. The van der Waals surface area contributed by atoms with Gasteiger partial charge in [0.05, 0.1) is 22.8 Å². The van der Waals surface area contributed by atoms with Crippen molar-refractivity contribution in [3.63, 3.8) is 0 Å². The van der Waals surface area contributed by atoms with E-state index in [0.29, 0.717) is 48.9 Å². The largest absolute Gasteiger partial charge is 0.479 e. The summed E-state index contributed by atoms with van der Waals surface area (Å²) >= 11 is 6.63. The first-order valence-corrected chi connectivity index (χ1v) is 14.8. The Bertz CT molecular complexity index is 1410. The van der Waals surface area contributed by atoms with Gasteiger partial charge in [0.2, 0.25) is 0 Å². The minimum Gasteiger partial charge on any atom is -0.479 e. The molecule has 0 aromatic heterocycles. The Labute approximate surface area is 245 Å². The number of ether oxygens (including phenoxy) is 1. The SMILES string of the molecule is Cc1ccc(CC[C@H](C)O)c(F)c1-c1c(Cl)c(F)cc2c1[C@H](N)[C@@](CNC1CCC(C)(O)CC1)(c1ccccc1)O2. The molecule has 3 atom stereocenters. The summed E-state index contributed by atoms with van der Waals surface area (Å²) in [6, 6.07) is 13.6. The average molecular weight is 585 g/mol. The predicted octanol–water partition coefficient (Wildman–Crippen LogP) is 6.48. The monoisotopic (exact) mass is 584 g/mol. The number of nitrogens with two attached hydrogens (primary N) is 1. The highest BCUT2D eigenvalue weighted by Crippen LogP contribution is 2.54. The molecule has 5 rings (SSSR count). The van der Waals surface area contributed by atoms with Crippen LogP contribution in [0.3, 0.4) is 0 Å². The quantitative estimate of drug-likeness (QED) is 0.243. The average Bonchev–Trinajstić information content (AvgIpc) is 3.21. The number of fused-ring (bicyclic) bond motifs is 1. The van der Waals surface area contributed by atoms with Crippen LogP contribution in [0.5, 0.6) is 5.75 Å². The van der Waals surface area contributed by atoms with Gasteiger partial charge in [-0.15, -0.1) is 0 Å². The van der Waals surface area contributed by atoms with Crippen LogP contribution < -0.4 is 15.8 Å². The van der Waals surface area contributed by atoms with Gasteiger partial charge >= 0.3 is 0 Å². The van der Waals surface area contributed by atoms with Crippen LogP contribution >= 0.6 is 11.6 Å². The van der Waals surface area contributed by atoms with Gasteiger partial charge in [0.1, 0.15) is 17.4 Å². The van der Waals surface area contributed by atoms with Gasteiger partial charge in [0.25, 0.3) is 0 Å². The van der Waals surface area contributed by atoms with Crippen LogP contribution in [0.15, 0.2) is 48.5 Å². The number of halogens is 3. The number of hydrogen-bond donors (Lipinski definition) is 4. The molecule has 5 N–H and O–H groups in total. The molecule has 1 saturated carbocycles. The summed E-state index contributed by atoms with van der Waals surface area (Å²) in [6.07, 6.45) is 3.09. The maximum atomic E-state index is 16.2. The molecule has 1 aliphatic heterocycles. The fourth-order valence-corrected chi connectivity index (χ4v) is 6.53. The number of aliphatic hydroxyl groups excluding tert-OH is 1. The fourth-order valence-electron chi connectivity index (χ4n) is 6.27. The first kappa shape index (κ1) is 29.9. The summed E-state index contributed by atoms with van der Waals surface area (Å²) in [5.41, 5.74) is 7.97. The molecule has 1 fully saturated rings. The van der Waals surface area contributed by atoms with Crippen LogP contribution in [0.2, 0.25) is 5.02 Å². The highest BCUT2D eigenvalue weighted by molar-refractivity contribution is 6.34. The van der Waals surface area contributed by atoms with Crippen molar-refractivity contribution in [2.75, 3.05) is 6.54 Å². The second-order valence-corrected chi connectivity index (χ2v) is 12.4. The maximum Gasteiger partial charge on any atom is 0.166 e. The van der Waals surface area contributed by atoms with E-state index in [1.165, 1.54) is 6.07 Å². The Morgan fingerprint density at radius 3 is 2.46 bits per heavy atom. The van der Waals surface area contributed by atoms with Crippen molar-refractivity contribution in [1.29, 1.82) is 0 Å². The Hall–Kier alpha value is -2.55. The van der Waals surface area contributed by atoms with Gasteiger partial charge in [-0.05, 0) is 76.0 Å². The van der Waals surface area contributed by atoms with Crippen LogP contribution in [-0.4, -0.2) is 34.5 Å². The molecule has 0 amide bonds. The van der Waals surface area contributed by atoms with Crippen LogP contribution in [0.25, 0.3) is 11.1 Å². The molecule has 0 spiro atoms. The van der Waals surface area contributed by atoms with E-state index >= 15 is 8.78 Å². The molecule has 0 radical (unpaired) electrons. The van der Waals surface area contributed by atoms with Gasteiger partial charge in [-0.25, -0.2) is 8.78 Å². The van der Waals surface area contributed by atoms with Crippen molar-refractivity contribution in [2.24, 2.45) is 5.73 Å². The minimum atomic E-state index is -1.11. The number of nitrogens with one attached hydrogen (secondary N) is 1. The molecule has 3 aromatic rings. The van der Waals surface area contributed by atoms with E-state index in [1.54, 1.807) is 26.0 Å². The molecule has 2 aliphatic rings. The summed E-state index contributed by atoms with van der Waals surface area (Å²) in [5.74, 6) is -0.982. The van der Waals surface area contributed by atoms with Crippen molar-refractivity contribution < 1.29 is 23.7 Å². The van der Waals surface area contributed by atoms with Crippen LogP contribution in [-0.2, 0) is 12.0 Å². The third-order valence-corrected chi connectivity index (χ3v) is 9.19. The molecule has 1 heterocycles. The summed E-state index contributed by atoms with van der Waals surface area (Å²) in [6.45, 7) is 5.61. The molecule has 41 heavy (non-hydrogen) atoms. The minimum absolute atomic E-state index is 0.153. The number of aryl methyl sites for hydroxylation is 2. The van der Waals surface area contributed by atoms with E-state index in [-0.39, 0.29) is 27.9 Å². The number of hydrogen-bond acceptors (Lipinski definition) is 5. The van der Waals surface area contributed by atoms with Gasteiger partial charge in [-0.3, -0.25) is 0 Å². The molecule has 8 heteroatoms. The van der Waals surface area contributed by atoms with Crippen LogP contribution in [0.4, 0.5) is 8.78 Å². The lowest BCUT2D eigenvalue weighted by atomic mass is 9.80. The molecular weight excluding hydrogens is 546 g/mol. The fraction of sp³-hybridized carbons (Fsp3) is 0.455. The summed E-state index contributed by atoms with van der Waals surface area (Å²) < 4.78 is 38.2. The Kier molecular flexibility index (Phi) is 8.48. The van der Waals surface area contributed by atoms with E-state index in [1.807, 2.05) is 37.3 Å². The molecule has 0 bridgehead atoms. The van der Waals surface area contributed by atoms with Gasteiger partial charge in [0.15, 0.2) is 5.60 Å². The third kappa shape index (κ3) is 5.75. The predicted molar refractivity (Wildman–Crippen MR) is 158 cm³/mol. The smallest absolute Gasteiger partial charge is 0.166 e. The molecule has 0 saturated heterocycles. The van der Waals surface area contributed by atoms with Crippen molar-refractivity contribution in [1.82, 2.24) is 5.32 Å². The van der Waals surface area contributed by atoms with Crippen molar-refractivity contribution in [3.8, 4) is 16.9 Å². The summed E-state index contributed by atoms with van der Waals surface area (Å²) in [4.78, 5) is 0. The lowest BCUT2D eigenvalue weighted by Crippen LogP contribution is -2.51. The van der Waals surface area contributed by atoms with E-state index in [0.717, 1.165) is 18.4 Å². The highest BCUT2D eigenvalue weighted by atomic mass is 35.5. The zero-order valence-electron chi connectivity index (χ0n) is 23.8. The molecule has 3 aromatic carbocycles. The van der Waals surface area contributed by atoms with Gasteiger partial charge in [-0.1, -0.05) is 54.1 Å². The first-order valence-electron chi connectivity index (χ1n) is 14.4. The molecule has 220 valence electrons. The molecule has 0 unspecified atom stereocenters. The highest BCUT2D eigenvalue weighted by Gasteiger charge is 2.50. The molecule has 1 aliphatic carbocycles. The zero-order valence-corrected chi connectivity index (χ0v) is 24.6. The molecule has 5 nitrogen and oxygen atoms in total. The van der Waals surface area contributed by atoms with Crippen molar-refractivity contribution in [2.45, 2.75) is 88.7 Å². The van der Waals surface area contributed by atoms with Gasteiger partial charge < -0.3 is 26.0 Å². The normalized spacial score (nSPS) is 26.5. The summed E-state index contributed by atoms with van der Waals surface area (Å²) in [5, 5.41) is 23.6. The van der Waals surface area contributed by atoms with Crippen molar-refractivity contribution >= 4 is 11.6 Å². The number of rotatable bonds is 8. The van der Waals surface area contributed by atoms with Crippen LogP contribution in [0.1, 0.15) is 74.2 Å². The van der Waals surface area contributed by atoms with E-state index in [2.05, 4.69) is 5.32 Å². The zero-order chi connectivity index (χ0) is 29.5. The Balaban J connectivity index is 1.60. The lowest BCUT2D eigenvalue weighted by molar-refractivity contribution is 0.00857. The van der Waals surface area contributed by atoms with E-state index in [4.69, 9.17) is 22.1 Å². The summed E-state index contributed by atoms with van der Waals surface area (Å²) in [7, 11) is 0.